The van der Waals surface area contributed by atoms with Crippen molar-refractivity contribution in [1.29, 1.82) is 0 Å². The van der Waals surface area contributed by atoms with Crippen molar-refractivity contribution in [2.24, 2.45) is 5.92 Å². The standard InChI is InChI=1S/C14H21N3O3/c1-3-10-7-14(10,2)16-13(20)11-5-4-6-17(11)12(19)8-15-9-18/h3,9-11H,1,4-8H2,2H3,(H,15,18)(H,16,20)/t10?,11?,14-/m1/s1. The van der Waals surface area contributed by atoms with Crippen molar-refractivity contribution in [3.05, 3.63) is 12.7 Å². The van der Waals surface area contributed by atoms with E-state index in [-0.39, 0.29) is 23.9 Å². The van der Waals surface area contributed by atoms with Crippen molar-refractivity contribution < 1.29 is 14.4 Å². The Morgan fingerprint density at radius 3 is 2.85 bits per heavy atom. The summed E-state index contributed by atoms with van der Waals surface area (Å²) in [4.78, 5) is 36.0. The minimum Gasteiger partial charge on any atom is -0.350 e. The van der Waals surface area contributed by atoms with E-state index in [1.165, 1.54) is 0 Å². The molecule has 110 valence electrons. The molecule has 0 aromatic carbocycles. The summed E-state index contributed by atoms with van der Waals surface area (Å²) in [5.74, 6) is -0.00138. The van der Waals surface area contributed by atoms with Gasteiger partial charge in [-0.05, 0) is 26.2 Å². The maximum atomic E-state index is 12.3. The van der Waals surface area contributed by atoms with Gasteiger partial charge < -0.3 is 15.5 Å². The van der Waals surface area contributed by atoms with Crippen LogP contribution in [0.1, 0.15) is 26.2 Å². The smallest absolute Gasteiger partial charge is 0.243 e. The normalized spacial score (nSPS) is 31.6. The third-order valence-corrected chi connectivity index (χ3v) is 4.21. The SMILES string of the molecule is C=CC1C[C@@]1(C)NC(=O)C1CCCN1C(=O)CNC=O. The lowest BCUT2D eigenvalue weighted by molar-refractivity contribution is -0.138. The Bertz CT molecular complexity index is 437. The highest BCUT2D eigenvalue weighted by Crippen LogP contribution is 2.43. The molecule has 2 fully saturated rings. The van der Waals surface area contributed by atoms with E-state index in [4.69, 9.17) is 0 Å². The summed E-state index contributed by atoms with van der Waals surface area (Å²) in [6.45, 7) is 6.25. The Hall–Kier alpha value is -1.85. The molecule has 2 aliphatic rings. The van der Waals surface area contributed by atoms with E-state index < -0.39 is 6.04 Å². The van der Waals surface area contributed by atoms with E-state index in [9.17, 15) is 14.4 Å². The second-order valence-electron chi connectivity index (χ2n) is 5.70. The van der Waals surface area contributed by atoms with Crippen molar-refractivity contribution in [3.63, 3.8) is 0 Å². The van der Waals surface area contributed by atoms with Crippen LogP contribution in [0.15, 0.2) is 12.7 Å². The molecule has 6 nitrogen and oxygen atoms in total. The highest BCUT2D eigenvalue weighted by Gasteiger charge is 2.50. The van der Waals surface area contributed by atoms with Crippen molar-refractivity contribution in [3.8, 4) is 0 Å². The number of carbonyl (C=O) groups excluding carboxylic acids is 3. The second kappa shape index (κ2) is 5.64. The van der Waals surface area contributed by atoms with Gasteiger partial charge in [0, 0.05) is 18.0 Å². The molecule has 20 heavy (non-hydrogen) atoms. The number of rotatable bonds is 6. The van der Waals surface area contributed by atoms with Gasteiger partial charge in [0.2, 0.25) is 18.2 Å². The Morgan fingerprint density at radius 2 is 2.25 bits per heavy atom. The quantitative estimate of drug-likeness (QED) is 0.522. The molecule has 1 aliphatic carbocycles. The molecule has 0 spiro atoms. The van der Waals surface area contributed by atoms with Crippen LogP contribution in [0.2, 0.25) is 0 Å². The highest BCUT2D eigenvalue weighted by molar-refractivity contribution is 5.90. The van der Waals surface area contributed by atoms with Crippen LogP contribution < -0.4 is 10.6 Å². The molecule has 2 unspecified atom stereocenters. The number of amides is 3. The lowest BCUT2D eigenvalue weighted by Crippen LogP contribution is -2.51. The molecular formula is C14H21N3O3. The third kappa shape index (κ3) is 2.84. The fourth-order valence-corrected chi connectivity index (χ4v) is 2.82. The number of carbonyl (C=O) groups is 3. The van der Waals surface area contributed by atoms with E-state index in [1.54, 1.807) is 4.90 Å². The van der Waals surface area contributed by atoms with Crippen LogP contribution in [0.25, 0.3) is 0 Å². The monoisotopic (exact) mass is 279 g/mol. The molecule has 2 N–H and O–H groups in total. The number of likely N-dealkylation sites (tertiary alicyclic amines) is 1. The molecule has 3 amide bonds. The zero-order valence-electron chi connectivity index (χ0n) is 11.7. The van der Waals surface area contributed by atoms with Gasteiger partial charge in [-0.1, -0.05) is 6.08 Å². The van der Waals surface area contributed by atoms with Crippen molar-refractivity contribution in [1.82, 2.24) is 15.5 Å². The fraction of sp³-hybridized carbons (Fsp3) is 0.643. The zero-order valence-corrected chi connectivity index (χ0v) is 11.7. The molecule has 1 saturated heterocycles. The molecule has 1 aliphatic heterocycles. The topological polar surface area (TPSA) is 78.5 Å². The van der Waals surface area contributed by atoms with E-state index in [0.717, 1.165) is 12.8 Å². The van der Waals surface area contributed by atoms with E-state index >= 15 is 0 Å². The van der Waals surface area contributed by atoms with Crippen molar-refractivity contribution in [2.75, 3.05) is 13.1 Å². The summed E-state index contributed by atoms with van der Waals surface area (Å²) in [7, 11) is 0. The average molecular weight is 279 g/mol. The first kappa shape index (κ1) is 14.6. The lowest BCUT2D eigenvalue weighted by atomic mass is 10.1. The molecule has 0 radical (unpaired) electrons. The minimum absolute atomic E-state index is 0.0557. The lowest BCUT2D eigenvalue weighted by Gasteiger charge is -2.25. The van der Waals surface area contributed by atoms with Gasteiger partial charge in [-0.15, -0.1) is 6.58 Å². The minimum atomic E-state index is -0.418. The van der Waals surface area contributed by atoms with Crippen LogP contribution in [0, 0.1) is 5.92 Å². The average Bonchev–Trinajstić information content (AvgIpc) is 2.87. The molecule has 0 aromatic heterocycles. The molecule has 0 bridgehead atoms. The molecule has 1 heterocycles. The summed E-state index contributed by atoms with van der Waals surface area (Å²) < 4.78 is 0. The molecule has 2 rings (SSSR count). The van der Waals surface area contributed by atoms with E-state index in [0.29, 0.717) is 25.3 Å². The van der Waals surface area contributed by atoms with Gasteiger partial charge >= 0.3 is 0 Å². The molecule has 6 heteroatoms. The summed E-state index contributed by atoms with van der Waals surface area (Å²) in [5.41, 5.74) is -0.211. The summed E-state index contributed by atoms with van der Waals surface area (Å²) >= 11 is 0. The van der Waals surface area contributed by atoms with E-state index in [1.807, 2.05) is 13.0 Å². The Balaban J connectivity index is 1.93. The molecular weight excluding hydrogens is 258 g/mol. The largest absolute Gasteiger partial charge is 0.350 e. The zero-order chi connectivity index (χ0) is 14.8. The highest BCUT2D eigenvalue weighted by atomic mass is 16.2. The maximum Gasteiger partial charge on any atom is 0.243 e. The predicted molar refractivity (Wildman–Crippen MR) is 73.7 cm³/mol. The second-order valence-corrected chi connectivity index (χ2v) is 5.70. The molecule has 0 aromatic rings. The van der Waals surface area contributed by atoms with Crippen LogP contribution in [0.3, 0.4) is 0 Å². The summed E-state index contributed by atoms with van der Waals surface area (Å²) in [5, 5.41) is 5.36. The Labute approximate surface area is 118 Å². The number of nitrogens with one attached hydrogen (secondary N) is 2. The number of nitrogens with zero attached hydrogens (tertiary/aromatic N) is 1. The van der Waals surface area contributed by atoms with E-state index in [2.05, 4.69) is 17.2 Å². The molecule has 3 atom stereocenters. The number of hydrogen-bond donors (Lipinski definition) is 2. The van der Waals surface area contributed by atoms with Gasteiger partial charge in [0.15, 0.2) is 0 Å². The van der Waals surface area contributed by atoms with Gasteiger partial charge in [0.05, 0.1) is 6.54 Å². The number of hydrogen-bond acceptors (Lipinski definition) is 3. The van der Waals surface area contributed by atoms with Crippen LogP contribution in [0.4, 0.5) is 0 Å². The summed E-state index contributed by atoms with van der Waals surface area (Å²) in [6, 6.07) is -0.418. The fourth-order valence-electron chi connectivity index (χ4n) is 2.82. The van der Waals surface area contributed by atoms with Gasteiger partial charge in [-0.3, -0.25) is 14.4 Å². The van der Waals surface area contributed by atoms with Gasteiger partial charge in [-0.2, -0.15) is 0 Å². The van der Waals surface area contributed by atoms with Crippen molar-refractivity contribution >= 4 is 18.2 Å². The Kier molecular flexibility index (Phi) is 4.11. The third-order valence-electron chi connectivity index (χ3n) is 4.21. The first-order chi connectivity index (χ1) is 9.51. The maximum absolute atomic E-state index is 12.3. The first-order valence-corrected chi connectivity index (χ1v) is 6.93. The van der Waals surface area contributed by atoms with Crippen molar-refractivity contribution in [2.45, 2.75) is 37.8 Å². The van der Waals surface area contributed by atoms with Crippen LogP contribution >= 0.6 is 0 Å². The van der Waals surface area contributed by atoms with Crippen LogP contribution in [-0.2, 0) is 14.4 Å². The van der Waals surface area contributed by atoms with Gasteiger partial charge in [-0.25, -0.2) is 0 Å². The Morgan fingerprint density at radius 1 is 1.50 bits per heavy atom. The van der Waals surface area contributed by atoms with Crippen LogP contribution in [-0.4, -0.2) is 47.8 Å². The summed E-state index contributed by atoms with van der Waals surface area (Å²) in [6.07, 6.45) is 4.73. The first-order valence-electron chi connectivity index (χ1n) is 6.93. The van der Waals surface area contributed by atoms with Crippen LogP contribution in [0.5, 0.6) is 0 Å². The van der Waals surface area contributed by atoms with Gasteiger partial charge in [0.1, 0.15) is 6.04 Å². The molecule has 1 saturated carbocycles. The van der Waals surface area contributed by atoms with Gasteiger partial charge in [0.25, 0.3) is 0 Å². The predicted octanol–water partition coefficient (Wildman–Crippen LogP) is -0.196.